The van der Waals surface area contributed by atoms with Crippen molar-refractivity contribution in [3.05, 3.63) is 82.9 Å². The van der Waals surface area contributed by atoms with Gasteiger partial charge >= 0.3 is 0 Å². The van der Waals surface area contributed by atoms with E-state index in [1.807, 2.05) is 57.2 Å². The van der Waals surface area contributed by atoms with Crippen molar-refractivity contribution in [3.8, 4) is 17.2 Å². The summed E-state index contributed by atoms with van der Waals surface area (Å²) >= 11 is 0. The molecule has 5 rings (SSSR count). The molecule has 1 heterocycles. The van der Waals surface area contributed by atoms with Crippen molar-refractivity contribution in [2.45, 2.75) is 58.5 Å². The van der Waals surface area contributed by atoms with Crippen LogP contribution < -0.4 is 24.4 Å². The summed E-state index contributed by atoms with van der Waals surface area (Å²) < 4.78 is 17.1. The molecule has 0 spiro atoms. The Morgan fingerprint density at radius 1 is 0.923 bits per heavy atom. The van der Waals surface area contributed by atoms with E-state index in [4.69, 9.17) is 14.2 Å². The van der Waals surface area contributed by atoms with Gasteiger partial charge in [-0.25, -0.2) is 0 Å². The van der Waals surface area contributed by atoms with Gasteiger partial charge in [0.05, 0.1) is 6.61 Å². The lowest BCUT2D eigenvalue weighted by Crippen LogP contribution is -2.46. The third-order valence-corrected chi connectivity index (χ3v) is 7.21. The van der Waals surface area contributed by atoms with Gasteiger partial charge in [-0.2, -0.15) is 0 Å². The SMILES string of the molecule is CCOc1ccc([C@@H](C(=O)NC2CCCC2)N(C(=O)c2ccc3c(c2)OCCO3)c2cc(C)cc(C)c2)cc1. The van der Waals surface area contributed by atoms with Gasteiger partial charge < -0.3 is 19.5 Å². The first kappa shape index (κ1) is 26.6. The Morgan fingerprint density at radius 2 is 1.59 bits per heavy atom. The van der Waals surface area contributed by atoms with Gasteiger partial charge in [0.2, 0.25) is 5.91 Å². The number of benzene rings is 3. The molecule has 7 nitrogen and oxygen atoms in total. The van der Waals surface area contributed by atoms with Crippen molar-refractivity contribution in [1.82, 2.24) is 5.32 Å². The second-order valence-corrected chi connectivity index (χ2v) is 10.3. The lowest BCUT2D eigenvalue weighted by atomic mass is 9.99. The standard InChI is InChI=1S/C32H36N2O5/c1-4-37-27-12-9-23(10-13-27)30(31(35)33-25-7-5-6-8-25)34(26-18-21(2)17-22(3)19-26)32(36)24-11-14-28-29(20-24)39-16-15-38-28/h9-14,17-20,25,30H,4-8,15-16H2,1-3H3,(H,33,35)/t30-/m0/s1. The Hall–Kier alpha value is -4.00. The molecule has 1 fully saturated rings. The molecule has 2 amide bonds. The van der Waals surface area contributed by atoms with E-state index < -0.39 is 6.04 Å². The highest BCUT2D eigenvalue weighted by atomic mass is 16.6. The Balaban J connectivity index is 1.62. The molecule has 7 heteroatoms. The molecule has 1 saturated carbocycles. The van der Waals surface area contributed by atoms with Crippen molar-refractivity contribution in [1.29, 1.82) is 0 Å². The van der Waals surface area contributed by atoms with Crippen LogP contribution in [0.3, 0.4) is 0 Å². The second kappa shape index (κ2) is 11.8. The van der Waals surface area contributed by atoms with Crippen LogP contribution in [0.4, 0.5) is 5.69 Å². The van der Waals surface area contributed by atoms with Gasteiger partial charge in [-0.3, -0.25) is 14.5 Å². The maximum Gasteiger partial charge on any atom is 0.259 e. The average molecular weight is 529 g/mol. The fourth-order valence-electron chi connectivity index (χ4n) is 5.47. The molecule has 0 unspecified atom stereocenters. The Kier molecular flexibility index (Phi) is 8.05. The van der Waals surface area contributed by atoms with Crippen molar-refractivity contribution < 1.29 is 23.8 Å². The Labute approximate surface area is 230 Å². The van der Waals surface area contributed by atoms with Gasteiger partial charge in [0.25, 0.3) is 5.91 Å². The number of rotatable bonds is 8. The third kappa shape index (κ3) is 6.03. The summed E-state index contributed by atoms with van der Waals surface area (Å²) in [6.45, 7) is 7.35. The normalized spacial score (nSPS) is 15.5. The van der Waals surface area contributed by atoms with Crippen molar-refractivity contribution >= 4 is 17.5 Å². The topological polar surface area (TPSA) is 77.1 Å². The van der Waals surface area contributed by atoms with Crippen LogP contribution in [-0.4, -0.2) is 37.7 Å². The first-order valence-electron chi connectivity index (χ1n) is 13.8. The zero-order chi connectivity index (χ0) is 27.4. The van der Waals surface area contributed by atoms with Gasteiger partial charge in [-0.15, -0.1) is 0 Å². The zero-order valence-corrected chi connectivity index (χ0v) is 22.9. The summed E-state index contributed by atoms with van der Waals surface area (Å²) in [6, 6.07) is 17.8. The number of amides is 2. The minimum atomic E-state index is -0.886. The van der Waals surface area contributed by atoms with Crippen LogP contribution in [0.5, 0.6) is 17.2 Å². The molecule has 3 aromatic carbocycles. The maximum atomic E-state index is 14.4. The monoisotopic (exact) mass is 528 g/mol. The Morgan fingerprint density at radius 3 is 2.26 bits per heavy atom. The van der Waals surface area contributed by atoms with Crippen LogP contribution in [0, 0.1) is 13.8 Å². The molecule has 0 radical (unpaired) electrons. The molecule has 1 N–H and O–H groups in total. The van der Waals surface area contributed by atoms with Crippen LogP contribution in [0.2, 0.25) is 0 Å². The summed E-state index contributed by atoms with van der Waals surface area (Å²) in [5, 5.41) is 3.24. The van der Waals surface area contributed by atoms with E-state index >= 15 is 0 Å². The molecule has 39 heavy (non-hydrogen) atoms. The number of hydrogen-bond acceptors (Lipinski definition) is 5. The minimum absolute atomic E-state index is 0.105. The summed E-state index contributed by atoms with van der Waals surface area (Å²) in [7, 11) is 0. The number of carbonyl (C=O) groups is 2. The number of hydrogen-bond donors (Lipinski definition) is 1. The van der Waals surface area contributed by atoms with E-state index in [2.05, 4.69) is 11.4 Å². The first-order chi connectivity index (χ1) is 18.9. The highest BCUT2D eigenvalue weighted by Gasteiger charge is 2.35. The van der Waals surface area contributed by atoms with E-state index in [0.29, 0.717) is 53.9 Å². The summed E-state index contributed by atoms with van der Waals surface area (Å²) in [5.74, 6) is 1.36. The number of nitrogens with zero attached hydrogens (tertiary/aromatic N) is 1. The molecular formula is C32H36N2O5. The molecule has 2 aliphatic rings. The van der Waals surface area contributed by atoms with E-state index in [9.17, 15) is 9.59 Å². The fourth-order valence-corrected chi connectivity index (χ4v) is 5.47. The molecule has 3 aromatic rings. The maximum absolute atomic E-state index is 14.4. The molecular weight excluding hydrogens is 492 g/mol. The smallest absolute Gasteiger partial charge is 0.259 e. The van der Waals surface area contributed by atoms with E-state index in [0.717, 1.165) is 36.8 Å². The summed E-state index contributed by atoms with van der Waals surface area (Å²) in [6.07, 6.45) is 4.08. The van der Waals surface area contributed by atoms with Gasteiger partial charge in [0, 0.05) is 17.3 Å². The van der Waals surface area contributed by atoms with E-state index in [1.54, 1.807) is 23.1 Å². The van der Waals surface area contributed by atoms with E-state index in [1.165, 1.54) is 0 Å². The van der Waals surface area contributed by atoms with Gasteiger partial charge in [-0.05, 0) is 92.8 Å². The van der Waals surface area contributed by atoms with Crippen molar-refractivity contribution in [2.75, 3.05) is 24.7 Å². The zero-order valence-electron chi connectivity index (χ0n) is 22.9. The molecule has 1 atom stereocenters. The molecule has 0 saturated heterocycles. The number of carbonyl (C=O) groups excluding carboxylic acids is 2. The highest BCUT2D eigenvalue weighted by Crippen LogP contribution is 2.36. The predicted molar refractivity (Wildman–Crippen MR) is 151 cm³/mol. The van der Waals surface area contributed by atoms with Crippen molar-refractivity contribution in [3.63, 3.8) is 0 Å². The third-order valence-electron chi connectivity index (χ3n) is 7.21. The molecule has 1 aliphatic carbocycles. The minimum Gasteiger partial charge on any atom is -0.494 e. The largest absolute Gasteiger partial charge is 0.494 e. The second-order valence-electron chi connectivity index (χ2n) is 10.3. The molecule has 1 aliphatic heterocycles. The van der Waals surface area contributed by atoms with Crippen LogP contribution in [0.1, 0.15) is 65.7 Å². The Bertz CT molecular complexity index is 1310. The fraction of sp³-hybridized carbons (Fsp3) is 0.375. The lowest BCUT2D eigenvalue weighted by molar-refractivity contribution is -0.123. The number of aryl methyl sites for hydroxylation is 2. The average Bonchev–Trinajstić information content (AvgIpc) is 3.44. The number of ether oxygens (including phenoxy) is 3. The van der Waals surface area contributed by atoms with Gasteiger partial charge in [0.15, 0.2) is 11.5 Å². The van der Waals surface area contributed by atoms with Gasteiger partial charge in [-0.1, -0.05) is 31.0 Å². The molecule has 0 bridgehead atoms. The van der Waals surface area contributed by atoms with Crippen LogP contribution in [-0.2, 0) is 4.79 Å². The number of anilines is 1. The number of nitrogens with one attached hydrogen (secondary N) is 1. The predicted octanol–water partition coefficient (Wildman–Crippen LogP) is 5.92. The molecule has 0 aromatic heterocycles. The lowest BCUT2D eigenvalue weighted by Gasteiger charge is -2.33. The number of fused-ring (bicyclic) bond motifs is 1. The van der Waals surface area contributed by atoms with Crippen LogP contribution in [0.25, 0.3) is 0 Å². The van der Waals surface area contributed by atoms with Crippen LogP contribution in [0.15, 0.2) is 60.7 Å². The summed E-state index contributed by atoms with van der Waals surface area (Å²) in [4.78, 5) is 30.1. The highest BCUT2D eigenvalue weighted by molar-refractivity contribution is 6.10. The van der Waals surface area contributed by atoms with Crippen molar-refractivity contribution in [2.24, 2.45) is 0 Å². The van der Waals surface area contributed by atoms with E-state index in [-0.39, 0.29) is 17.9 Å². The quantitative estimate of drug-likeness (QED) is 0.393. The van der Waals surface area contributed by atoms with Crippen LogP contribution >= 0.6 is 0 Å². The first-order valence-corrected chi connectivity index (χ1v) is 13.8. The van der Waals surface area contributed by atoms with Gasteiger partial charge in [0.1, 0.15) is 25.0 Å². The molecule has 204 valence electrons. The summed E-state index contributed by atoms with van der Waals surface area (Å²) in [5.41, 5.74) is 3.80.